The van der Waals surface area contributed by atoms with E-state index in [2.05, 4.69) is 0 Å². The molecule has 0 spiro atoms. The van der Waals surface area contributed by atoms with Crippen LogP contribution in [0.5, 0.6) is 0 Å². The van der Waals surface area contributed by atoms with E-state index in [9.17, 15) is 23.3 Å². The number of nitro benzene ring substituents is 1. The number of amides is 1. The smallest absolute Gasteiger partial charge is 0.269 e. The van der Waals surface area contributed by atoms with Crippen LogP contribution in [0.4, 0.5) is 5.69 Å². The molecule has 1 amide bonds. The number of hydrogen-bond donors (Lipinski definition) is 0. The van der Waals surface area contributed by atoms with Gasteiger partial charge in [-0.05, 0) is 25.5 Å². The zero-order valence-corrected chi connectivity index (χ0v) is 12.4. The van der Waals surface area contributed by atoms with Gasteiger partial charge in [-0.25, -0.2) is 8.42 Å². The molecule has 0 aliphatic carbocycles. The lowest BCUT2D eigenvalue weighted by atomic mass is 10.1. The maximum atomic E-state index is 12.4. The average molecular weight is 312 g/mol. The highest BCUT2D eigenvalue weighted by Crippen LogP contribution is 2.21. The van der Waals surface area contributed by atoms with E-state index in [1.807, 2.05) is 0 Å². The monoisotopic (exact) mass is 312 g/mol. The van der Waals surface area contributed by atoms with E-state index in [0.717, 1.165) is 0 Å². The molecule has 1 saturated heterocycles. The highest BCUT2D eigenvalue weighted by molar-refractivity contribution is 7.91. The summed E-state index contributed by atoms with van der Waals surface area (Å²) in [5.41, 5.74) is 0.241. The van der Waals surface area contributed by atoms with Gasteiger partial charge in [0, 0.05) is 30.3 Å². The number of hydrogen-bond acceptors (Lipinski definition) is 5. The summed E-state index contributed by atoms with van der Waals surface area (Å²) >= 11 is 0. The molecule has 1 fully saturated rings. The molecule has 1 unspecified atom stereocenters. The minimum Gasteiger partial charge on any atom is -0.335 e. The van der Waals surface area contributed by atoms with Crippen LogP contribution >= 0.6 is 0 Å². The van der Waals surface area contributed by atoms with Gasteiger partial charge in [-0.3, -0.25) is 14.9 Å². The van der Waals surface area contributed by atoms with Gasteiger partial charge < -0.3 is 4.90 Å². The van der Waals surface area contributed by atoms with Gasteiger partial charge in [0.25, 0.3) is 11.6 Å². The molecular weight excluding hydrogens is 296 g/mol. The summed E-state index contributed by atoms with van der Waals surface area (Å²) in [5, 5.41) is 10.6. The van der Waals surface area contributed by atoms with Crippen LogP contribution in [0.15, 0.2) is 24.3 Å². The number of non-ortho nitro benzene ring substituents is 1. The van der Waals surface area contributed by atoms with Gasteiger partial charge in [-0.2, -0.15) is 0 Å². The first-order valence-electron chi connectivity index (χ1n) is 6.60. The Labute approximate surface area is 122 Å². The lowest BCUT2D eigenvalue weighted by Crippen LogP contribution is -2.40. The fraction of sp³-hybridized carbons (Fsp3) is 0.462. The normalized spacial score (nSPS) is 20.1. The molecule has 1 aromatic carbocycles. The van der Waals surface area contributed by atoms with Crippen molar-refractivity contribution in [2.75, 3.05) is 18.1 Å². The van der Waals surface area contributed by atoms with E-state index in [1.54, 1.807) is 6.92 Å². The zero-order chi connectivity index (χ0) is 15.6. The predicted octanol–water partition coefficient (Wildman–Crippen LogP) is 1.24. The molecule has 8 heteroatoms. The largest absolute Gasteiger partial charge is 0.335 e. The minimum absolute atomic E-state index is 0.0143. The van der Waals surface area contributed by atoms with E-state index in [-0.39, 0.29) is 29.1 Å². The van der Waals surface area contributed by atoms with Gasteiger partial charge in [0.2, 0.25) is 0 Å². The van der Waals surface area contributed by atoms with Crippen molar-refractivity contribution in [1.82, 2.24) is 4.90 Å². The van der Waals surface area contributed by atoms with Gasteiger partial charge in [-0.15, -0.1) is 0 Å². The minimum atomic E-state index is -3.07. The van der Waals surface area contributed by atoms with E-state index >= 15 is 0 Å². The maximum Gasteiger partial charge on any atom is 0.269 e. The van der Waals surface area contributed by atoms with Gasteiger partial charge in [0.05, 0.1) is 16.4 Å². The Morgan fingerprint density at radius 3 is 2.43 bits per heavy atom. The number of rotatable bonds is 4. The van der Waals surface area contributed by atoms with E-state index in [0.29, 0.717) is 18.5 Å². The summed E-state index contributed by atoms with van der Waals surface area (Å²) in [6, 6.07) is 5.01. The van der Waals surface area contributed by atoms with Crippen molar-refractivity contribution in [3.63, 3.8) is 0 Å². The Morgan fingerprint density at radius 2 is 2.00 bits per heavy atom. The molecule has 1 aliphatic rings. The standard InChI is InChI=1S/C13H16N2O5S/c1-2-14(12-7-8-21(19,20)9-12)13(16)10-3-5-11(6-4-10)15(17)18/h3-6,12H,2,7-9H2,1H3. The van der Waals surface area contributed by atoms with Crippen molar-refractivity contribution in [2.45, 2.75) is 19.4 Å². The van der Waals surface area contributed by atoms with Crippen molar-refractivity contribution in [2.24, 2.45) is 0 Å². The Hall–Kier alpha value is -1.96. The third kappa shape index (κ3) is 3.38. The number of carbonyl (C=O) groups excluding carboxylic acids is 1. The fourth-order valence-corrected chi connectivity index (χ4v) is 4.21. The zero-order valence-electron chi connectivity index (χ0n) is 11.6. The molecule has 1 atom stereocenters. The first-order chi connectivity index (χ1) is 9.84. The highest BCUT2D eigenvalue weighted by Gasteiger charge is 2.34. The molecule has 1 aliphatic heterocycles. The molecule has 1 heterocycles. The number of sulfone groups is 1. The number of nitro groups is 1. The molecule has 21 heavy (non-hydrogen) atoms. The molecule has 0 saturated carbocycles. The summed E-state index contributed by atoms with van der Waals surface area (Å²) < 4.78 is 23.1. The van der Waals surface area contributed by atoms with Crippen LogP contribution in [0, 0.1) is 10.1 Å². The Kier molecular flexibility index (Phi) is 4.26. The van der Waals surface area contributed by atoms with Crippen LogP contribution in [-0.4, -0.2) is 48.2 Å². The van der Waals surface area contributed by atoms with Crippen molar-refractivity contribution in [1.29, 1.82) is 0 Å². The maximum absolute atomic E-state index is 12.4. The predicted molar refractivity (Wildman–Crippen MR) is 76.9 cm³/mol. The molecule has 0 radical (unpaired) electrons. The van der Waals surface area contributed by atoms with Gasteiger partial charge in [0.1, 0.15) is 0 Å². The van der Waals surface area contributed by atoms with Crippen molar-refractivity contribution < 1.29 is 18.1 Å². The molecule has 0 bridgehead atoms. The molecule has 114 valence electrons. The Bertz CT molecular complexity index is 654. The van der Waals surface area contributed by atoms with Crippen LogP contribution in [0.2, 0.25) is 0 Å². The van der Waals surface area contributed by atoms with Crippen LogP contribution in [0.25, 0.3) is 0 Å². The molecular formula is C13H16N2O5S. The van der Waals surface area contributed by atoms with E-state index < -0.39 is 14.8 Å². The topological polar surface area (TPSA) is 97.6 Å². The van der Waals surface area contributed by atoms with Gasteiger partial charge in [-0.1, -0.05) is 0 Å². The molecule has 2 rings (SSSR count). The van der Waals surface area contributed by atoms with Crippen molar-refractivity contribution in [3.8, 4) is 0 Å². The summed E-state index contributed by atoms with van der Waals surface area (Å²) in [6.07, 6.45) is 0.439. The summed E-state index contributed by atoms with van der Waals surface area (Å²) in [6.45, 7) is 2.18. The lowest BCUT2D eigenvalue weighted by molar-refractivity contribution is -0.384. The van der Waals surface area contributed by atoms with Crippen LogP contribution in [-0.2, 0) is 9.84 Å². The Morgan fingerprint density at radius 1 is 1.38 bits per heavy atom. The second kappa shape index (κ2) is 5.80. The average Bonchev–Trinajstić information content (AvgIpc) is 2.79. The fourth-order valence-electron chi connectivity index (χ4n) is 2.48. The first-order valence-corrected chi connectivity index (χ1v) is 8.42. The summed E-state index contributed by atoms with van der Waals surface area (Å²) in [5.74, 6) is -0.212. The molecule has 7 nitrogen and oxygen atoms in total. The molecule has 0 N–H and O–H groups in total. The summed E-state index contributed by atoms with van der Waals surface area (Å²) in [4.78, 5) is 24.0. The van der Waals surface area contributed by atoms with Crippen LogP contribution < -0.4 is 0 Å². The number of carbonyl (C=O) groups is 1. The second-order valence-electron chi connectivity index (χ2n) is 4.95. The third-order valence-corrected chi connectivity index (χ3v) is 5.33. The first kappa shape index (κ1) is 15.4. The van der Waals surface area contributed by atoms with Gasteiger partial charge in [0.15, 0.2) is 9.84 Å². The van der Waals surface area contributed by atoms with Crippen molar-refractivity contribution in [3.05, 3.63) is 39.9 Å². The van der Waals surface area contributed by atoms with E-state index in [1.165, 1.54) is 29.2 Å². The molecule has 0 aromatic heterocycles. The summed E-state index contributed by atoms with van der Waals surface area (Å²) in [7, 11) is -3.07. The van der Waals surface area contributed by atoms with Gasteiger partial charge >= 0.3 is 0 Å². The van der Waals surface area contributed by atoms with Crippen molar-refractivity contribution >= 4 is 21.4 Å². The van der Waals surface area contributed by atoms with E-state index in [4.69, 9.17) is 0 Å². The lowest BCUT2D eigenvalue weighted by Gasteiger charge is -2.26. The Balaban J connectivity index is 2.18. The highest BCUT2D eigenvalue weighted by atomic mass is 32.2. The number of nitrogens with zero attached hydrogens (tertiary/aromatic N) is 2. The SMILES string of the molecule is CCN(C(=O)c1ccc([N+](=O)[O-])cc1)C1CCS(=O)(=O)C1. The second-order valence-corrected chi connectivity index (χ2v) is 7.18. The molecule has 1 aromatic rings. The quantitative estimate of drug-likeness (QED) is 0.615. The number of benzene rings is 1. The van der Waals surface area contributed by atoms with Crippen LogP contribution in [0.1, 0.15) is 23.7 Å². The third-order valence-electron chi connectivity index (χ3n) is 3.58. The van der Waals surface area contributed by atoms with Crippen LogP contribution in [0.3, 0.4) is 0 Å².